The number of rotatable bonds is 10. The molecule has 2 rings (SSSR count). The summed E-state index contributed by atoms with van der Waals surface area (Å²) in [5.41, 5.74) is 1.13. The van der Waals surface area contributed by atoms with Crippen molar-refractivity contribution in [3.05, 3.63) is 52.2 Å². The molecule has 0 radical (unpaired) electrons. The van der Waals surface area contributed by atoms with Gasteiger partial charge in [-0.3, -0.25) is 4.99 Å². The summed E-state index contributed by atoms with van der Waals surface area (Å²) in [7, 11) is 1.79. The summed E-state index contributed by atoms with van der Waals surface area (Å²) < 4.78 is 6.02. The van der Waals surface area contributed by atoms with Crippen LogP contribution in [0.3, 0.4) is 0 Å². The van der Waals surface area contributed by atoms with Gasteiger partial charge < -0.3 is 20.3 Å². The lowest BCUT2D eigenvalue weighted by Gasteiger charge is -2.19. The molecule has 0 bridgehead atoms. The van der Waals surface area contributed by atoms with Gasteiger partial charge in [0.2, 0.25) is 0 Å². The zero-order valence-corrected chi connectivity index (χ0v) is 16.8. The molecule has 6 heteroatoms. The summed E-state index contributed by atoms with van der Waals surface area (Å²) in [5, 5.41) is 8.78. The van der Waals surface area contributed by atoms with Crippen LogP contribution in [0, 0.1) is 0 Å². The van der Waals surface area contributed by atoms with Crippen molar-refractivity contribution in [3.8, 4) is 5.75 Å². The summed E-state index contributed by atoms with van der Waals surface area (Å²) in [6, 6.07) is 12.3. The molecular weight excluding hydrogens is 344 g/mol. The van der Waals surface area contributed by atoms with Gasteiger partial charge in [0.25, 0.3) is 0 Å². The Morgan fingerprint density at radius 3 is 2.54 bits per heavy atom. The van der Waals surface area contributed by atoms with Crippen molar-refractivity contribution in [2.45, 2.75) is 26.9 Å². The van der Waals surface area contributed by atoms with E-state index < -0.39 is 0 Å². The first kappa shape index (κ1) is 20.3. The molecule has 0 saturated carbocycles. The lowest BCUT2D eigenvalue weighted by Crippen LogP contribution is -2.36. The quantitative estimate of drug-likeness (QED) is 0.495. The van der Waals surface area contributed by atoms with Gasteiger partial charge in [-0.2, -0.15) is 0 Å². The van der Waals surface area contributed by atoms with Gasteiger partial charge in [0.15, 0.2) is 5.96 Å². The maximum Gasteiger partial charge on any atom is 0.191 e. The smallest absolute Gasteiger partial charge is 0.191 e. The number of benzene rings is 1. The number of hydrogen-bond acceptors (Lipinski definition) is 4. The fraction of sp³-hybridized carbons (Fsp3) is 0.450. The minimum absolute atomic E-state index is 0.672. The lowest BCUT2D eigenvalue weighted by molar-refractivity contribution is 0.221. The molecule has 0 aliphatic heterocycles. The Balaban J connectivity index is 1.84. The molecule has 5 nitrogen and oxygen atoms in total. The third-order valence-corrected chi connectivity index (χ3v) is 5.09. The minimum atomic E-state index is 0.672. The van der Waals surface area contributed by atoms with E-state index in [9.17, 15) is 0 Å². The number of guanidine groups is 1. The van der Waals surface area contributed by atoms with Gasteiger partial charge >= 0.3 is 0 Å². The molecule has 1 aromatic carbocycles. The highest BCUT2D eigenvalue weighted by Gasteiger charge is 2.06. The molecule has 142 valence electrons. The van der Waals surface area contributed by atoms with Crippen molar-refractivity contribution in [1.82, 2.24) is 15.5 Å². The Labute approximate surface area is 161 Å². The fourth-order valence-corrected chi connectivity index (χ4v) is 3.24. The molecule has 0 aliphatic carbocycles. The number of nitrogens with one attached hydrogen (secondary N) is 2. The first-order chi connectivity index (χ1) is 12.8. The number of aliphatic imine (C=N–C) groups is 1. The van der Waals surface area contributed by atoms with Crippen LogP contribution in [-0.2, 0) is 13.1 Å². The van der Waals surface area contributed by atoms with Crippen LogP contribution in [0.25, 0.3) is 0 Å². The average Bonchev–Trinajstić information content (AvgIpc) is 3.20. The highest BCUT2D eigenvalue weighted by molar-refractivity contribution is 7.09. The van der Waals surface area contributed by atoms with Crippen molar-refractivity contribution in [1.29, 1.82) is 0 Å². The maximum absolute atomic E-state index is 6.02. The SMILES string of the molecule is CCN(CC)CCOc1ccccc1CNC(=NC)NCc1cccs1. The third kappa shape index (κ3) is 6.69. The molecule has 0 unspecified atom stereocenters. The lowest BCUT2D eigenvalue weighted by atomic mass is 10.2. The summed E-state index contributed by atoms with van der Waals surface area (Å²) in [6.07, 6.45) is 0. The number of ether oxygens (including phenoxy) is 1. The third-order valence-electron chi connectivity index (χ3n) is 4.21. The first-order valence-electron chi connectivity index (χ1n) is 9.16. The van der Waals surface area contributed by atoms with Crippen molar-refractivity contribution in [2.24, 2.45) is 4.99 Å². The Bertz CT molecular complexity index is 654. The van der Waals surface area contributed by atoms with E-state index in [-0.39, 0.29) is 0 Å². The standard InChI is InChI=1S/C20H30N4OS/c1-4-24(5-2)12-13-25-19-11-7-6-9-17(19)15-22-20(21-3)23-16-18-10-8-14-26-18/h6-11,14H,4-5,12-13,15-16H2,1-3H3,(H2,21,22,23). The Morgan fingerprint density at radius 1 is 1.08 bits per heavy atom. The second kappa shape index (κ2) is 11.5. The van der Waals surface area contributed by atoms with Crippen LogP contribution in [0.15, 0.2) is 46.8 Å². The van der Waals surface area contributed by atoms with Gasteiger partial charge in [-0.15, -0.1) is 11.3 Å². The molecule has 26 heavy (non-hydrogen) atoms. The molecular formula is C20H30N4OS. The highest BCUT2D eigenvalue weighted by atomic mass is 32.1. The van der Waals surface area contributed by atoms with Gasteiger partial charge in [0, 0.05) is 30.6 Å². The van der Waals surface area contributed by atoms with Gasteiger partial charge in [-0.1, -0.05) is 38.1 Å². The molecule has 0 spiro atoms. The highest BCUT2D eigenvalue weighted by Crippen LogP contribution is 2.17. The van der Waals surface area contributed by atoms with Crippen molar-refractivity contribution in [2.75, 3.05) is 33.3 Å². The van der Waals surface area contributed by atoms with Crippen molar-refractivity contribution >= 4 is 17.3 Å². The molecule has 0 atom stereocenters. The van der Waals surface area contributed by atoms with E-state index in [1.165, 1.54) is 4.88 Å². The molecule has 2 N–H and O–H groups in total. The summed E-state index contributed by atoms with van der Waals surface area (Å²) in [4.78, 5) is 7.93. The topological polar surface area (TPSA) is 48.9 Å². The molecule has 0 fully saturated rings. The number of para-hydroxylation sites is 1. The van der Waals surface area contributed by atoms with Gasteiger partial charge in [-0.05, 0) is 30.6 Å². The van der Waals surface area contributed by atoms with Crippen LogP contribution in [-0.4, -0.2) is 44.1 Å². The second-order valence-electron chi connectivity index (χ2n) is 5.84. The van der Waals surface area contributed by atoms with Crippen LogP contribution in [0.1, 0.15) is 24.3 Å². The Hall–Kier alpha value is -2.05. The summed E-state index contributed by atoms with van der Waals surface area (Å²) in [6.45, 7) is 9.55. The number of likely N-dealkylation sites (N-methyl/N-ethyl adjacent to an activating group) is 1. The molecule has 1 aromatic heterocycles. The van der Waals surface area contributed by atoms with Crippen molar-refractivity contribution < 1.29 is 4.74 Å². The minimum Gasteiger partial charge on any atom is -0.492 e. The monoisotopic (exact) mass is 374 g/mol. The van der Waals surface area contributed by atoms with Crippen LogP contribution in [0.4, 0.5) is 0 Å². The van der Waals surface area contributed by atoms with E-state index in [2.05, 4.69) is 58.0 Å². The molecule has 1 heterocycles. The van der Waals surface area contributed by atoms with Gasteiger partial charge in [0.1, 0.15) is 12.4 Å². The molecule has 0 aliphatic rings. The summed E-state index contributed by atoms with van der Waals surface area (Å²) >= 11 is 1.74. The van der Waals surface area contributed by atoms with Crippen molar-refractivity contribution in [3.63, 3.8) is 0 Å². The van der Waals surface area contributed by atoms with Crippen LogP contribution in [0.5, 0.6) is 5.75 Å². The number of nitrogens with zero attached hydrogens (tertiary/aromatic N) is 2. The predicted molar refractivity (Wildman–Crippen MR) is 111 cm³/mol. The number of hydrogen-bond donors (Lipinski definition) is 2. The summed E-state index contributed by atoms with van der Waals surface area (Å²) in [5.74, 6) is 1.72. The van der Waals surface area contributed by atoms with Crippen LogP contribution >= 0.6 is 11.3 Å². The van der Waals surface area contributed by atoms with E-state index in [1.807, 2.05) is 18.2 Å². The Morgan fingerprint density at radius 2 is 1.85 bits per heavy atom. The van der Waals surface area contributed by atoms with E-state index in [4.69, 9.17) is 4.74 Å². The second-order valence-corrected chi connectivity index (χ2v) is 6.87. The van der Waals surface area contributed by atoms with E-state index in [0.717, 1.165) is 43.5 Å². The molecule has 0 saturated heterocycles. The fourth-order valence-electron chi connectivity index (χ4n) is 2.60. The normalized spacial score (nSPS) is 11.6. The molecule has 0 amide bonds. The van der Waals surface area contributed by atoms with Gasteiger partial charge in [-0.25, -0.2) is 0 Å². The van der Waals surface area contributed by atoms with E-state index >= 15 is 0 Å². The largest absolute Gasteiger partial charge is 0.492 e. The van der Waals surface area contributed by atoms with Crippen LogP contribution < -0.4 is 15.4 Å². The average molecular weight is 375 g/mol. The number of thiophene rings is 1. The van der Waals surface area contributed by atoms with E-state index in [0.29, 0.717) is 13.2 Å². The molecule has 2 aromatic rings. The van der Waals surface area contributed by atoms with Gasteiger partial charge in [0.05, 0.1) is 6.54 Å². The first-order valence-corrected chi connectivity index (χ1v) is 10.0. The zero-order chi connectivity index (χ0) is 18.6. The zero-order valence-electron chi connectivity index (χ0n) is 16.0. The van der Waals surface area contributed by atoms with Crippen LogP contribution in [0.2, 0.25) is 0 Å². The maximum atomic E-state index is 6.02. The van der Waals surface area contributed by atoms with E-state index in [1.54, 1.807) is 18.4 Å². The Kier molecular flexibility index (Phi) is 9.00. The predicted octanol–water partition coefficient (Wildman–Crippen LogP) is 3.33.